The molecule has 1 saturated carbocycles. The van der Waals surface area contributed by atoms with E-state index < -0.39 is 5.92 Å². The van der Waals surface area contributed by atoms with Gasteiger partial charge < -0.3 is 0 Å². The first-order valence-corrected chi connectivity index (χ1v) is 3.76. The van der Waals surface area contributed by atoms with Crippen molar-refractivity contribution < 1.29 is 8.78 Å². The average Bonchev–Trinajstić information content (AvgIpc) is 1.62. The molecule has 9 heavy (non-hydrogen) atoms. The highest BCUT2D eigenvalue weighted by molar-refractivity contribution is 7.80. The Balaban J connectivity index is 2.12. The van der Waals surface area contributed by atoms with Crippen LogP contribution in [-0.2, 0) is 0 Å². The number of rotatable bonds is 2. The summed E-state index contributed by atoms with van der Waals surface area (Å²) in [7, 11) is 0. The second-order valence-electron chi connectivity index (χ2n) is 2.64. The highest BCUT2D eigenvalue weighted by Gasteiger charge is 2.44. The van der Waals surface area contributed by atoms with Gasteiger partial charge in [-0.3, -0.25) is 0 Å². The van der Waals surface area contributed by atoms with Gasteiger partial charge in [-0.25, -0.2) is 8.78 Å². The molecule has 0 aromatic heterocycles. The van der Waals surface area contributed by atoms with Gasteiger partial charge in [0.15, 0.2) is 0 Å². The number of halogens is 2. The predicted octanol–water partition coefficient (Wildman–Crippen LogP) is 2.35. The van der Waals surface area contributed by atoms with E-state index in [0.29, 0.717) is 0 Å². The van der Waals surface area contributed by atoms with Crippen molar-refractivity contribution in [2.45, 2.75) is 25.2 Å². The van der Waals surface area contributed by atoms with Crippen molar-refractivity contribution in [1.82, 2.24) is 0 Å². The van der Waals surface area contributed by atoms with E-state index in [1.807, 2.05) is 0 Å². The Morgan fingerprint density at radius 1 is 1.44 bits per heavy atom. The van der Waals surface area contributed by atoms with Gasteiger partial charge in [0, 0.05) is 12.8 Å². The lowest BCUT2D eigenvalue weighted by molar-refractivity contribution is -0.110. The van der Waals surface area contributed by atoms with Crippen molar-refractivity contribution in [3.05, 3.63) is 0 Å². The second kappa shape index (κ2) is 2.45. The van der Waals surface area contributed by atoms with Crippen molar-refractivity contribution in [3.8, 4) is 0 Å². The lowest BCUT2D eigenvalue weighted by atomic mass is 9.80. The van der Waals surface area contributed by atoms with Crippen LogP contribution < -0.4 is 0 Å². The molecule has 0 aromatic rings. The quantitative estimate of drug-likeness (QED) is 0.577. The molecular weight excluding hydrogens is 142 g/mol. The Morgan fingerprint density at radius 2 is 2.00 bits per heavy atom. The second-order valence-corrected chi connectivity index (χ2v) is 3.09. The minimum Gasteiger partial charge on any atom is -0.207 e. The third-order valence-electron chi connectivity index (χ3n) is 1.71. The Hall–Kier alpha value is 0.210. The van der Waals surface area contributed by atoms with Crippen molar-refractivity contribution in [2.75, 3.05) is 5.75 Å². The Kier molecular flexibility index (Phi) is 1.99. The molecule has 0 aliphatic heterocycles. The third kappa shape index (κ3) is 1.81. The third-order valence-corrected chi connectivity index (χ3v) is 1.97. The molecule has 1 aliphatic rings. The van der Waals surface area contributed by atoms with Crippen molar-refractivity contribution in [3.63, 3.8) is 0 Å². The molecule has 1 rings (SSSR count). The maximum absolute atomic E-state index is 12.1. The van der Waals surface area contributed by atoms with Gasteiger partial charge in [-0.2, -0.15) is 12.6 Å². The van der Waals surface area contributed by atoms with E-state index in [9.17, 15) is 8.78 Å². The van der Waals surface area contributed by atoms with Gasteiger partial charge in [0.25, 0.3) is 0 Å². The largest absolute Gasteiger partial charge is 0.248 e. The topological polar surface area (TPSA) is 0 Å². The smallest absolute Gasteiger partial charge is 0.207 e. The van der Waals surface area contributed by atoms with E-state index >= 15 is 0 Å². The molecule has 0 heterocycles. The van der Waals surface area contributed by atoms with Crippen molar-refractivity contribution in [2.24, 2.45) is 5.92 Å². The summed E-state index contributed by atoms with van der Waals surface area (Å²) < 4.78 is 24.2. The van der Waals surface area contributed by atoms with Crippen LogP contribution in [0.1, 0.15) is 19.3 Å². The van der Waals surface area contributed by atoms with Crippen LogP contribution in [-0.4, -0.2) is 11.7 Å². The molecule has 0 amide bonds. The molecule has 3 heteroatoms. The average molecular weight is 152 g/mol. The minimum absolute atomic E-state index is 0.0908. The summed E-state index contributed by atoms with van der Waals surface area (Å²) in [4.78, 5) is 0. The van der Waals surface area contributed by atoms with Crippen molar-refractivity contribution >= 4 is 12.6 Å². The molecule has 0 aromatic carbocycles. The first-order chi connectivity index (χ1) is 4.14. The molecular formula is C6H10F2S. The van der Waals surface area contributed by atoms with Gasteiger partial charge in [-0.05, 0) is 18.1 Å². The van der Waals surface area contributed by atoms with Gasteiger partial charge in [0.05, 0.1) is 0 Å². The first kappa shape index (κ1) is 7.32. The van der Waals surface area contributed by atoms with Gasteiger partial charge in [0.1, 0.15) is 0 Å². The zero-order valence-corrected chi connectivity index (χ0v) is 6.00. The molecule has 54 valence electrons. The van der Waals surface area contributed by atoms with Gasteiger partial charge in [-0.15, -0.1) is 0 Å². The van der Waals surface area contributed by atoms with Crippen LogP contribution in [0.5, 0.6) is 0 Å². The summed E-state index contributed by atoms with van der Waals surface area (Å²) in [6.07, 6.45) is 1.03. The summed E-state index contributed by atoms with van der Waals surface area (Å²) in [5.74, 6) is -1.36. The summed E-state index contributed by atoms with van der Waals surface area (Å²) >= 11 is 3.96. The van der Waals surface area contributed by atoms with Crippen LogP contribution in [0.4, 0.5) is 8.78 Å². The summed E-state index contributed by atoms with van der Waals surface area (Å²) in [5, 5.41) is 0. The Bertz CT molecular complexity index is 95.2. The number of alkyl halides is 2. The fourth-order valence-electron chi connectivity index (χ4n) is 1.17. The van der Waals surface area contributed by atoms with E-state index in [0.717, 1.165) is 12.2 Å². The zero-order chi connectivity index (χ0) is 6.91. The minimum atomic E-state index is -2.34. The van der Waals surface area contributed by atoms with E-state index in [1.54, 1.807) is 0 Å². The molecule has 0 N–H and O–H groups in total. The Labute approximate surface area is 59.0 Å². The van der Waals surface area contributed by atoms with Crippen LogP contribution in [0, 0.1) is 5.92 Å². The number of hydrogen-bond donors (Lipinski definition) is 1. The zero-order valence-electron chi connectivity index (χ0n) is 5.11. The van der Waals surface area contributed by atoms with Crippen LogP contribution in [0.2, 0.25) is 0 Å². The highest BCUT2D eigenvalue weighted by Crippen LogP contribution is 2.43. The highest BCUT2D eigenvalue weighted by atomic mass is 32.1. The molecule has 1 aliphatic carbocycles. The molecule has 1 fully saturated rings. The summed E-state index contributed by atoms with van der Waals surface area (Å²) in [5.41, 5.74) is 0. The number of thiol groups is 1. The summed E-state index contributed by atoms with van der Waals surface area (Å²) in [6, 6.07) is 0. The molecule has 0 bridgehead atoms. The fraction of sp³-hybridized carbons (Fsp3) is 1.00. The normalized spacial score (nSPS) is 25.7. The van der Waals surface area contributed by atoms with E-state index in [1.165, 1.54) is 0 Å². The van der Waals surface area contributed by atoms with E-state index in [4.69, 9.17) is 0 Å². The van der Waals surface area contributed by atoms with Crippen LogP contribution in [0.15, 0.2) is 0 Å². The lowest BCUT2D eigenvalue weighted by Crippen LogP contribution is -2.35. The monoisotopic (exact) mass is 152 g/mol. The molecule has 0 atom stereocenters. The number of hydrogen-bond acceptors (Lipinski definition) is 1. The standard InChI is InChI=1S/C6H10F2S/c7-6(8)3-5(4-6)1-2-9/h5,9H,1-4H2. The van der Waals surface area contributed by atoms with E-state index in [2.05, 4.69) is 12.6 Å². The Morgan fingerprint density at radius 3 is 2.33 bits per heavy atom. The molecule has 0 radical (unpaired) electrons. The fourth-order valence-corrected chi connectivity index (χ4v) is 1.54. The lowest BCUT2D eigenvalue weighted by Gasteiger charge is -2.34. The van der Waals surface area contributed by atoms with Crippen LogP contribution in [0.3, 0.4) is 0 Å². The van der Waals surface area contributed by atoms with Crippen molar-refractivity contribution in [1.29, 1.82) is 0 Å². The van der Waals surface area contributed by atoms with Crippen LogP contribution in [0.25, 0.3) is 0 Å². The maximum Gasteiger partial charge on any atom is 0.248 e. The molecule has 0 nitrogen and oxygen atoms in total. The van der Waals surface area contributed by atoms with Crippen LogP contribution >= 0.6 is 12.6 Å². The molecule has 0 saturated heterocycles. The molecule has 0 spiro atoms. The van der Waals surface area contributed by atoms with Gasteiger partial charge >= 0.3 is 0 Å². The predicted molar refractivity (Wildman–Crippen MR) is 36.1 cm³/mol. The SMILES string of the molecule is FC1(F)CC(CCS)C1. The maximum atomic E-state index is 12.1. The molecule has 0 unspecified atom stereocenters. The summed E-state index contributed by atoms with van der Waals surface area (Å²) in [6.45, 7) is 0. The van der Waals surface area contributed by atoms with E-state index in [-0.39, 0.29) is 18.8 Å². The van der Waals surface area contributed by atoms with Gasteiger partial charge in [0.2, 0.25) is 5.92 Å². The van der Waals surface area contributed by atoms with Gasteiger partial charge in [-0.1, -0.05) is 0 Å². The first-order valence-electron chi connectivity index (χ1n) is 3.13.